The van der Waals surface area contributed by atoms with E-state index in [1.807, 2.05) is 6.92 Å². The number of alkyl halides is 3. The molecule has 0 radical (unpaired) electrons. The van der Waals surface area contributed by atoms with Crippen molar-refractivity contribution in [3.63, 3.8) is 0 Å². The number of pyridine rings is 1. The molecule has 0 saturated heterocycles. The average molecular weight is 214 g/mol. The van der Waals surface area contributed by atoms with Gasteiger partial charge in [-0.2, -0.15) is 13.2 Å². The summed E-state index contributed by atoms with van der Waals surface area (Å²) in [6.07, 6.45) is -0.917. The van der Waals surface area contributed by atoms with Gasteiger partial charge in [-0.05, 0) is 18.6 Å². The van der Waals surface area contributed by atoms with E-state index in [9.17, 15) is 13.2 Å². The van der Waals surface area contributed by atoms with E-state index in [0.717, 1.165) is 18.0 Å². The van der Waals surface area contributed by atoms with E-state index in [1.165, 1.54) is 10.5 Å². The first-order valence-electron chi connectivity index (χ1n) is 4.55. The third kappa shape index (κ3) is 1.82. The second-order valence-electron chi connectivity index (χ2n) is 3.27. The van der Waals surface area contributed by atoms with Crippen molar-refractivity contribution in [1.29, 1.82) is 0 Å². The third-order valence-electron chi connectivity index (χ3n) is 2.19. The van der Waals surface area contributed by atoms with Crippen LogP contribution in [0.2, 0.25) is 0 Å². The summed E-state index contributed by atoms with van der Waals surface area (Å²) in [6.45, 7) is 1.91. The van der Waals surface area contributed by atoms with Crippen LogP contribution < -0.4 is 0 Å². The standard InChI is InChI=1S/C10H9F3N2/c1-2-8-6-15-5-7(10(11,12)13)3-4-9(15)14-8/h3-6H,2H2,1H3. The number of nitrogens with zero attached hydrogens (tertiary/aromatic N) is 2. The number of rotatable bonds is 1. The molecule has 0 aliphatic carbocycles. The molecule has 0 atom stereocenters. The molecule has 2 nitrogen and oxygen atoms in total. The van der Waals surface area contributed by atoms with Gasteiger partial charge >= 0.3 is 6.18 Å². The molecule has 2 aromatic heterocycles. The van der Waals surface area contributed by atoms with Crippen LogP contribution in [0, 0.1) is 0 Å². The molecule has 2 rings (SSSR count). The van der Waals surface area contributed by atoms with Crippen LogP contribution >= 0.6 is 0 Å². The molecule has 0 fully saturated rings. The van der Waals surface area contributed by atoms with Crippen LogP contribution in [0.15, 0.2) is 24.5 Å². The Labute approximate surface area is 84.4 Å². The normalized spacial score (nSPS) is 12.3. The van der Waals surface area contributed by atoms with Crippen molar-refractivity contribution in [1.82, 2.24) is 9.38 Å². The van der Waals surface area contributed by atoms with Crippen molar-refractivity contribution >= 4 is 5.65 Å². The Morgan fingerprint density at radius 2 is 2.00 bits per heavy atom. The first-order chi connectivity index (χ1) is 7.00. The largest absolute Gasteiger partial charge is 0.417 e. The maximum atomic E-state index is 12.4. The number of aromatic nitrogens is 2. The van der Waals surface area contributed by atoms with Gasteiger partial charge in [0.1, 0.15) is 5.65 Å². The highest BCUT2D eigenvalue weighted by Crippen LogP contribution is 2.29. The molecule has 0 aliphatic heterocycles. The number of aryl methyl sites for hydroxylation is 1. The number of hydrogen-bond acceptors (Lipinski definition) is 1. The van der Waals surface area contributed by atoms with Gasteiger partial charge in [0.05, 0.1) is 11.3 Å². The molecule has 80 valence electrons. The fourth-order valence-corrected chi connectivity index (χ4v) is 1.38. The maximum absolute atomic E-state index is 12.4. The molecule has 2 heterocycles. The fourth-order valence-electron chi connectivity index (χ4n) is 1.38. The van der Waals surface area contributed by atoms with E-state index in [1.54, 1.807) is 6.20 Å². The monoisotopic (exact) mass is 214 g/mol. The molecule has 0 amide bonds. The van der Waals surface area contributed by atoms with Gasteiger partial charge in [-0.1, -0.05) is 6.92 Å². The molecule has 0 spiro atoms. The van der Waals surface area contributed by atoms with Crippen LogP contribution in [-0.2, 0) is 12.6 Å². The van der Waals surface area contributed by atoms with E-state index in [0.29, 0.717) is 12.1 Å². The van der Waals surface area contributed by atoms with Gasteiger partial charge in [0.2, 0.25) is 0 Å². The van der Waals surface area contributed by atoms with Crippen molar-refractivity contribution in [2.75, 3.05) is 0 Å². The van der Waals surface area contributed by atoms with E-state index in [-0.39, 0.29) is 0 Å². The molecule has 2 aromatic rings. The van der Waals surface area contributed by atoms with Gasteiger partial charge in [-0.3, -0.25) is 0 Å². The van der Waals surface area contributed by atoms with E-state index >= 15 is 0 Å². The Hall–Kier alpha value is -1.52. The highest BCUT2D eigenvalue weighted by atomic mass is 19.4. The van der Waals surface area contributed by atoms with Gasteiger partial charge in [0.25, 0.3) is 0 Å². The first-order valence-corrected chi connectivity index (χ1v) is 4.55. The molecule has 0 saturated carbocycles. The zero-order valence-electron chi connectivity index (χ0n) is 8.04. The van der Waals surface area contributed by atoms with Crippen LogP contribution in [0.4, 0.5) is 13.2 Å². The highest BCUT2D eigenvalue weighted by molar-refractivity contribution is 5.41. The van der Waals surface area contributed by atoms with Crippen LogP contribution in [0.3, 0.4) is 0 Å². The van der Waals surface area contributed by atoms with Crippen molar-refractivity contribution in [2.24, 2.45) is 0 Å². The Bertz CT molecular complexity index is 485. The van der Waals surface area contributed by atoms with Crippen LogP contribution in [-0.4, -0.2) is 9.38 Å². The molecule has 0 unspecified atom stereocenters. The van der Waals surface area contributed by atoms with Crippen LogP contribution in [0.1, 0.15) is 18.2 Å². The summed E-state index contributed by atoms with van der Waals surface area (Å²) in [5, 5.41) is 0. The fraction of sp³-hybridized carbons (Fsp3) is 0.300. The maximum Gasteiger partial charge on any atom is 0.417 e. The van der Waals surface area contributed by atoms with Gasteiger partial charge in [0, 0.05) is 12.4 Å². The summed E-state index contributed by atoms with van der Waals surface area (Å²) in [7, 11) is 0. The quantitative estimate of drug-likeness (QED) is 0.713. The molecular weight excluding hydrogens is 205 g/mol. The smallest absolute Gasteiger partial charge is 0.306 e. The lowest BCUT2D eigenvalue weighted by Crippen LogP contribution is -2.05. The number of imidazole rings is 1. The zero-order valence-corrected chi connectivity index (χ0v) is 8.04. The van der Waals surface area contributed by atoms with Crippen molar-refractivity contribution in [2.45, 2.75) is 19.5 Å². The Morgan fingerprint density at radius 1 is 1.27 bits per heavy atom. The minimum Gasteiger partial charge on any atom is -0.306 e. The van der Waals surface area contributed by atoms with E-state index < -0.39 is 11.7 Å². The van der Waals surface area contributed by atoms with Crippen molar-refractivity contribution < 1.29 is 13.2 Å². The van der Waals surface area contributed by atoms with Crippen molar-refractivity contribution in [3.05, 3.63) is 35.8 Å². The van der Waals surface area contributed by atoms with Gasteiger partial charge in [-0.25, -0.2) is 4.98 Å². The Morgan fingerprint density at radius 3 is 2.60 bits per heavy atom. The van der Waals surface area contributed by atoms with E-state index in [2.05, 4.69) is 4.98 Å². The average Bonchev–Trinajstić information content (AvgIpc) is 2.57. The SMILES string of the molecule is CCc1cn2cc(C(F)(F)F)ccc2n1. The molecule has 15 heavy (non-hydrogen) atoms. The predicted molar refractivity (Wildman–Crippen MR) is 49.6 cm³/mol. The lowest BCUT2D eigenvalue weighted by atomic mass is 10.3. The predicted octanol–water partition coefficient (Wildman–Crippen LogP) is 2.92. The van der Waals surface area contributed by atoms with Gasteiger partial charge in [-0.15, -0.1) is 0 Å². The third-order valence-corrected chi connectivity index (χ3v) is 2.19. The summed E-state index contributed by atoms with van der Waals surface area (Å²) < 4.78 is 38.5. The summed E-state index contributed by atoms with van der Waals surface area (Å²) >= 11 is 0. The lowest BCUT2D eigenvalue weighted by Gasteiger charge is -2.05. The Balaban J connectivity index is 2.55. The zero-order chi connectivity index (χ0) is 11.1. The van der Waals surface area contributed by atoms with Crippen LogP contribution in [0.5, 0.6) is 0 Å². The number of hydrogen-bond donors (Lipinski definition) is 0. The molecular formula is C10H9F3N2. The molecule has 0 aliphatic rings. The molecule has 0 bridgehead atoms. The topological polar surface area (TPSA) is 17.3 Å². The van der Waals surface area contributed by atoms with E-state index in [4.69, 9.17) is 0 Å². The number of fused-ring (bicyclic) bond motifs is 1. The minimum atomic E-state index is -4.30. The van der Waals surface area contributed by atoms with Gasteiger partial charge < -0.3 is 4.40 Å². The summed E-state index contributed by atoms with van der Waals surface area (Å²) in [5.74, 6) is 0. The van der Waals surface area contributed by atoms with Crippen molar-refractivity contribution in [3.8, 4) is 0 Å². The minimum absolute atomic E-state index is 0.542. The Kier molecular flexibility index (Phi) is 2.17. The molecule has 0 aromatic carbocycles. The molecule has 5 heteroatoms. The summed E-state index contributed by atoms with van der Waals surface area (Å²) in [6, 6.07) is 2.42. The second-order valence-corrected chi connectivity index (χ2v) is 3.27. The molecule has 0 N–H and O–H groups in total. The lowest BCUT2D eigenvalue weighted by molar-refractivity contribution is -0.137. The summed E-state index contributed by atoms with van der Waals surface area (Å²) in [4.78, 5) is 4.15. The highest BCUT2D eigenvalue weighted by Gasteiger charge is 2.30. The van der Waals surface area contributed by atoms with Gasteiger partial charge in [0.15, 0.2) is 0 Å². The second kappa shape index (κ2) is 3.25. The number of halogens is 3. The summed E-state index contributed by atoms with van der Waals surface area (Å²) in [5.41, 5.74) is 0.671. The van der Waals surface area contributed by atoms with Crippen LogP contribution in [0.25, 0.3) is 5.65 Å². The first kappa shape index (κ1) is 10.0.